The summed E-state index contributed by atoms with van der Waals surface area (Å²) in [4.78, 5) is 20.1. The molecule has 0 aliphatic carbocycles. The number of halogens is 2. The number of carbonyl (C=O) groups is 1. The van der Waals surface area contributed by atoms with E-state index in [-0.39, 0.29) is 18.7 Å². The SMILES string of the molecule is CCOC(=O)C1=CN(C(C)c2cnc(F)c(C)c2)NN1C(C)c1cnc(F)c(C)c1. The molecule has 0 amide bonds. The molecule has 0 saturated heterocycles. The number of hydrazine groups is 2. The van der Waals surface area contributed by atoms with Gasteiger partial charge in [-0.15, -0.1) is 5.53 Å². The smallest absolute Gasteiger partial charge is 0.357 e. The lowest BCUT2D eigenvalue weighted by Gasteiger charge is -2.32. The van der Waals surface area contributed by atoms with Crippen LogP contribution in [0.15, 0.2) is 36.4 Å². The Balaban J connectivity index is 1.91. The first-order valence-corrected chi connectivity index (χ1v) is 9.69. The molecule has 0 spiro atoms. The predicted octanol–water partition coefficient (Wildman–Crippen LogP) is 3.64. The summed E-state index contributed by atoms with van der Waals surface area (Å²) in [5, 5.41) is 3.37. The van der Waals surface area contributed by atoms with Gasteiger partial charge in [-0.2, -0.15) is 8.78 Å². The van der Waals surface area contributed by atoms with Gasteiger partial charge < -0.3 is 4.74 Å². The third kappa shape index (κ3) is 4.25. The summed E-state index contributed by atoms with van der Waals surface area (Å²) in [6.45, 7) is 9.01. The molecule has 1 aliphatic rings. The molecule has 9 heteroatoms. The second-order valence-electron chi connectivity index (χ2n) is 7.22. The molecule has 0 saturated carbocycles. The lowest BCUT2D eigenvalue weighted by atomic mass is 10.1. The number of nitrogens with zero attached hydrogens (tertiary/aromatic N) is 4. The topological polar surface area (TPSA) is 70.6 Å². The molecule has 3 rings (SSSR count). The predicted molar refractivity (Wildman–Crippen MR) is 106 cm³/mol. The van der Waals surface area contributed by atoms with Crippen LogP contribution < -0.4 is 5.53 Å². The average Bonchev–Trinajstić information content (AvgIpc) is 3.16. The van der Waals surface area contributed by atoms with Crippen LogP contribution in [0.25, 0.3) is 0 Å². The van der Waals surface area contributed by atoms with Crippen LogP contribution in [0.5, 0.6) is 0 Å². The number of pyridine rings is 2. The minimum absolute atomic E-state index is 0.228. The molecule has 7 nitrogen and oxygen atoms in total. The molecule has 2 aromatic rings. The zero-order valence-corrected chi connectivity index (χ0v) is 17.6. The van der Waals surface area contributed by atoms with Gasteiger partial charge in [0.25, 0.3) is 0 Å². The zero-order chi connectivity index (χ0) is 22.0. The standard InChI is InChI=1S/C21H25F2N5O2/c1-6-30-21(29)18-11-27(14(4)16-7-12(2)19(22)24-9-16)26-28(18)15(5)17-8-13(3)20(23)25-10-17/h7-11,14-15,26H,6H2,1-5H3. The van der Waals surface area contributed by atoms with Crippen molar-refractivity contribution in [2.75, 3.05) is 6.61 Å². The van der Waals surface area contributed by atoms with Crippen molar-refractivity contribution < 1.29 is 18.3 Å². The molecule has 30 heavy (non-hydrogen) atoms. The number of aryl methyl sites for hydroxylation is 2. The van der Waals surface area contributed by atoms with E-state index < -0.39 is 17.9 Å². The molecule has 2 aromatic heterocycles. The van der Waals surface area contributed by atoms with E-state index in [2.05, 4.69) is 15.5 Å². The van der Waals surface area contributed by atoms with E-state index in [1.807, 2.05) is 13.8 Å². The first-order valence-electron chi connectivity index (χ1n) is 9.69. The number of rotatable bonds is 6. The average molecular weight is 417 g/mol. The molecule has 0 fully saturated rings. The van der Waals surface area contributed by atoms with E-state index >= 15 is 0 Å². The van der Waals surface area contributed by atoms with Crippen molar-refractivity contribution >= 4 is 5.97 Å². The van der Waals surface area contributed by atoms with Crippen molar-refractivity contribution in [3.63, 3.8) is 0 Å². The van der Waals surface area contributed by atoms with Gasteiger partial charge in [0, 0.05) is 23.5 Å². The number of nitrogens with one attached hydrogen (secondary N) is 1. The maximum Gasteiger partial charge on any atom is 0.357 e. The first kappa shape index (κ1) is 21.6. The second kappa shape index (κ2) is 8.74. The van der Waals surface area contributed by atoms with Crippen LogP contribution in [0.2, 0.25) is 0 Å². The number of carbonyl (C=O) groups excluding carboxylic acids is 1. The molecule has 0 aromatic carbocycles. The van der Waals surface area contributed by atoms with E-state index in [1.165, 1.54) is 12.4 Å². The highest BCUT2D eigenvalue weighted by molar-refractivity contribution is 5.88. The molecule has 0 bridgehead atoms. The van der Waals surface area contributed by atoms with E-state index in [9.17, 15) is 13.6 Å². The molecule has 160 valence electrons. The highest BCUT2D eigenvalue weighted by Crippen LogP contribution is 2.31. The zero-order valence-electron chi connectivity index (χ0n) is 17.6. The summed E-state index contributed by atoms with van der Waals surface area (Å²) in [6, 6.07) is 2.80. The van der Waals surface area contributed by atoms with Crippen molar-refractivity contribution in [2.45, 2.75) is 46.7 Å². The van der Waals surface area contributed by atoms with E-state index in [1.54, 1.807) is 49.1 Å². The Kier molecular flexibility index (Phi) is 6.31. The Hall–Kier alpha value is -3.07. The Bertz CT molecular complexity index is 982. The van der Waals surface area contributed by atoms with Crippen LogP contribution in [0.1, 0.15) is 55.1 Å². The van der Waals surface area contributed by atoms with Crippen LogP contribution in [-0.4, -0.2) is 32.6 Å². The highest BCUT2D eigenvalue weighted by Gasteiger charge is 2.34. The summed E-state index contributed by atoms with van der Waals surface area (Å²) in [5.41, 5.74) is 5.82. The number of hydrogen-bond acceptors (Lipinski definition) is 7. The van der Waals surface area contributed by atoms with Crippen LogP contribution in [0.4, 0.5) is 8.78 Å². The second-order valence-corrected chi connectivity index (χ2v) is 7.22. The Morgan fingerprint density at radius 1 is 1.07 bits per heavy atom. The maximum atomic E-state index is 13.6. The Morgan fingerprint density at radius 2 is 1.60 bits per heavy atom. The summed E-state index contributed by atoms with van der Waals surface area (Å²) < 4.78 is 32.3. The quantitative estimate of drug-likeness (QED) is 0.568. The molecule has 1 N–H and O–H groups in total. The maximum absolute atomic E-state index is 13.6. The number of esters is 1. The number of aromatic nitrogens is 2. The van der Waals surface area contributed by atoms with Gasteiger partial charge in [0.05, 0.1) is 24.9 Å². The van der Waals surface area contributed by atoms with Crippen LogP contribution in [-0.2, 0) is 9.53 Å². The van der Waals surface area contributed by atoms with Crippen molar-refractivity contribution in [3.05, 3.63) is 70.6 Å². The van der Waals surface area contributed by atoms with E-state index in [4.69, 9.17) is 4.74 Å². The van der Waals surface area contributed by atoms with Crippen LogP contribution in [0.3, 0.4) is 0 Å². The molecule has 1 aliphatic heterocycles. The fourth-order valence-electron chi connectivity index (χ4n) is 3.18. The highest BCUT2D eigenvalue weighted by atomic mass is 19.1. The normalized spacial score (nSPS) is 15.8. The van der Waals surface area contributed by atoms with Gasteiger partial charge in [-0.05, 0) is 57.9 Å². The van der Waals surface area contributed by atoms with Gasteiger partial charge >= 0.3 is 5.97 Å². The van der Waals surface area contributed by atoms with Crippen molar-refractivity contribution in [1.82, 2.24) is 25.5 Å². The molecular weight excluding hydrogens is 392 g/mol. The molecule has 2 atom stereocenters. The van der Waals surface area contributed by atoms with Gasteiger partial charge in [0.2, 0.25) is 11.9 Å². The fraction of sp³-hybridized carbons (Fsp3) is 0.381. The largest absolute Gasteiger partial charge is 0.461 e. The van der Waals surface area contributed by atoms with Gasteiger partial charge in [-0.3, -0.25) is 10.0 Å². The number of ether oxygens (including phenoxy) is 1. The Labute approximate surface area is 174 Å². The van der Waals surface area contributed by atoms with Gasteiger partial charge in [0.1, 0.15) is 0 Å². The van der Waals surface area contributed by atoms with Crippen molar-refractivity contribution in [2.24, 2.45) is 0 Å². The third-order valence-electron chi connectivity index (χ3n) is 5.07. The molecule has 3 heterocycles. The summed E-state index contributed by atoms with van der Waals surface area (Å²) >= 11 is 0. The first-order chi connectivity index (χ1) is 14.2. The molecule has 2 unspecified atom stereocenters. The monoisotopic (exact) mass is 417 g/mol. The summed E-state index contributed by atoms with van der Waals surface area (Å²) in [6.07, 6.45) is 4.55. The molecule has 0 radical (unpaired) electrons. The van der Waals surface area contributed by atoms with E-state index in [0.717, 1.165) is 11.1 Å². The third-order valence-corrected chi connectivity index (χ3v) is 5.07. The molecular formula is C21H25F2N5O2. The fourth-order valence-corrected chi connectivity index (χ4v) is 3.18. The minimum Gasteiger partial charge on any atom is -0.461 e. The van der Waals surface area contributed by atoms with Gasteiger partial charge in [-0.25, -0.2) is 14.8 Å². The van der Waals surface area contributed by atoms with Crippen molar-refractivity contribution in [3.8, 4) is 0 Å². The van der Waals surface area contributed by atoms with E-state index in [0.29, 0.717) is 16.8 Å². The minimum atomic E-state index is -0.532. The number of hydrogen-bond donors (Lipinski definition) is 1. The lowest BCUT2D eigenvalue weighted by molar-refractivity contribution is -0.141. The van der Waals surface area contributed by atoms with Gasteiger partial charge in [0.15, 0.2) is 5.70 Å². The summed E-state index contributed by atoms with van der Waals surface area (Å²) in [7, 11) is 0. The summed E-state index contributed by atoms with van der Waals surface area (Å²) in [5.74, 6) is -1.54. The van der Waals surface area contributed by atoms with Crippen LogP contribution >= 0.6 is 0 Å². The van der Waals surface area contributed by atoms with Crippen LogP contribution in [0, 0.1) is 25.7 Å². The Morgan fingerprint density at radius 3 is 2.10 bits per heavy atom. The lowest BCUT2D eigenvalue weighted by Crippen LogP contribution is -2.44. The van der Waals surface area contributed by atoms with Gasteiger partial charge in [-0.1, -0.05) is 0 Å². The van der Waals surface area contributed by atoms with Crippen molar-refractivity contribution in [1.29, 1.82) is 0 Å².